The second-order valence-corrected chi connectivity index (χ2v) is 5.69. The maximum Gasteiger partial charge on any atom is 0.142 e. The number of hydrogen-bond donors (Lipinski definition) is 1. The SMILES string of the molecule is COCCNCc1nc(C)ccc1OCC1(CC#N)CC1. The molecule has 0 radical (unpaired) electrons. The van der Waals surface area contributed by atoms with Crippen molar-refractivity contribution in [2.24, 2.45) is 5.41 Å². The Kier molecular flexibility index (Phi) is 5.54. The zero-order valence-electron chi connectivity index (χ0n) is 12.8. The molecule has 0 spiro atoms. The third-order valence-corrected chi connectivity index (χ3v) is 3.79. The fourth-order valence-electron chi connectivity index (χ4n) is 2.18. The first-order valence-corrected chi connectivity index (χ1v) is 7.35. The fraction of sp³-hybridized carbons (Fsp3) is 0.625. The van der Waals surface area contributed by atoms with E-state index in [0.29, 0.717) is 26.2 Å². The van der Waals surface area contributed by atoms with Crippen LogP contribution in [0.4, 0.5) is 0 Å². The molecule has 114 valence electrons. The van der Waals surface area contributed by atoms with Gasteiger partial charge in [0.2, 0.25) is 0 Å². The Labute approximate surface area is 126 Å². The minimum atomic E-state index is 0.0837. The Morgan fingerprint density at radius 2 is 2.24 bits per heavy atom. The van der Waals surface area contributed by atoms with Crippen molar-refractivity contribution in [2.75, 3.05) is 26.9 Å². The van der Waals surface area contributed by atoms with E-state index in [1.807, 2.05) is 19.1 Å². The number of methoxy groups -OCH3 is 1. The molecular weight excluding hydrogens is 266 g/mol. The lowest BCUT2D eigenvalue weighted by Gasteiger charge is -2.16. The van der Waals surface area contributed by atoms with Crippen molar-refractivity contribution in [1.29, 1.82) is 5.26 Å². The van der Waals surface area contributed by atoms with Gasteiger partial charge in [0, 0.05) is 37.7 Å². The molecule has 0 bridgehead atoms. The molecule has 1 aromatic rings. The topological polar surface area (TPSA) is 67.2 Å². The van der Waals surface area contributed by atoms with Crippen LogP contribution < -0.4 is 10.1 Å². The number of hydrogen-bond acceptors (Lipinski definition) is 5. The number of nitrogens with zero attached hydrogens (tertiary/aromatic N) is 2. The second-order valence-electron chi connectivity index (χ2n) is 5.69. The molecule has 1 aromatic heterocycles. The molecule has 0 atom stereocenters. The molecule has 1 aliphatic carbocycles. The van der Waals surface area contributed by atoms with Gasteiger partial charge in [-0.3, -0.25) is 4.98 Å². The van der Waals surface area contributed by atoms with Crippen molar-refractivity contribution in [1.82, 2.24) is 10.3 Å². The fourth-order valence-corrected chi connectivity index (χ4v) is 2.18. The first-order chi connectivity index (χ1) is 10.2. The highest BCUT2D eigenvalue weighted by Gasteiger charge is 2.43. The van der Waals surface area contributed by atoms with Gasteiger partial charge < -0.3 is 14.8 Å². The summed E-state index contributed by atoms with van der Waals surface area (Å²) in [5, 5.41) is 12.1. The minimum Gasteiger partial charge on any atom is -0.491 e. The maximum atomic E-state index is 8.86. The number of pyridine rings is 1. The second kappa shape index (κ2) is 7.39. The predicted molar refractivity (Wildman–Crippen MR) is 79.9 cm³/mol. The number of nitrogens with one attached hydrogen (secondary N) is 1. The van der Waals surface area contributed by atoms with E-state index in [1.54, 1.807) is 7.11 Å². The highest BCUT2D eigenvalue weighted by Crippen LogP contribution is 2.48. The highest BCUT2D eigenvalue weighted by atomic mass is 16.5. The molecule has 1 saturated carbocycles. The quantitative estimate of drug-likeness (QED) is 0.706. The molecule has 1 fully saturated rings. The summed E-state index contributed by atoms with van der Waals surface area (Å²) in [6, 6.07) is 6.18. The van der Waals surface area contributed by atoms with Crippen molar-refractivity contribution in [3.05, 3.63) is 23.5 Å². The van der Waals surface area contributed by atoms with Crippen molar-refractivity contribution in [2.45, 2.75) is 32.7 Å². The molecule has 0 aliphatic heterocycles. The molecule has 5 heteroatoms. The number of aromatic nitrogens is 1. The van der Waals surface area contributed by atoms with Crippen LogP contribution >= 0.6 is 0 Å². The summed E-state index contributed by atoms with van der Waals surface area (Å²) in [5.41, 5.74) is 1.98. The molecular formula is C16H23N3O2. The molecule has 0 unspecified atom stereocenters. The highest BCUT2D eigenvalue weighted by molar-refractivity contribution is 5.29. The number of ether oxygens (including phenoxy) is 2. The molecule has 2 rings (SSSR count). The number of nitriles is 1. The average Bonchev–Trinajstić information content (AvgIpc) is 3.23. The Balaban J connectivity index is 1.93. The van der Waals surface area contributed by atoms with Crippen LogP contribution in [0.15, 0.2) is 12.1 Å². The van der Waals surface area contributed by atoms with Gasteiger partial charge in [0.05, 0.1) is 25.0 Å². The number of aryl methyl sites for hydroxylation is 1. The Morgan fingerprint density at radius 1 is 1.43 bits per heavy atom. The van der Waals surface area contributed by atoms with Crippen molar-refractivity contribution in [3.8, 4) is 11.8 Å². The van der Waals surface area contributed by atoms with Gasteiger partial charge in [0.15, 0.2) is 0 Å². The van der Waals surface area contributed by atoms with Gasteiger partial charge in [-0.15, -0.1) is 0 Å². The molecule has 21 heavy (non-hydrogen) atoms. The molecule has 0 amide bonds. The van der Waals surface area contributed by atoms with Crippen molar-refractivity contribution >= 4 is 0 Å². The third-order valence-electron chi connectivity index (χ3n) is 3.79. The zero-order valence-corrected chi connectivity index (χ0v) is 12.8. The van der Waals surface area contributed by atoms with E-state index in [1.165, 1.54) is 0 Å². The van der Waals surface area contributed by atoms with Gasteiger partial charge in [-0.25, -0.2) is 0 Å². The van der Waals surface area contributed by atoms with Gasteiger partial charge in [0.25, 0.3) is 0 Å². The van der Waals surface area contributed by atoms with Crippen LogP contribution in [0.3, 0.4) is 0 Å². The average molecular weight is 289 g/mol. The van der Waals surface area contributed by atoms with Gasteiger partial charge in [-0.1, -0.05) is 0 Å². The first-order valence-electron chi connectivity index (χ1n) is 7.35. The standard InChI is InChI=1S/C16H23N3O2/c1-13-3-4-15(14(19-13)11-18-9-10-20-2)21-12-16(5-6-16)7-8-17/h3-4,18H,5-7,9-12H2,1-2H3. The summed E-state index contributed by atoms with van der Waals surface area (Å²) in [4.78, 5) is 4.54. The molecule has 1 heterocycles. The Hall–Kier alpha value is -1.64. The molecule has 5 nitrogen and oxygen atoms in total. The minimum absolute atomic E-state index is 0.0837. The zero-order chi connectivity index (χ0) is 15.1. The van der Waals surface area contributed by atoms with Crippen molar-refractivity contribution < 1.29 is 9.47 Å². The van der Waals surface area contributed by atoms with E-state index in [4.69, 9.17) is 14.7 Å². The summed E-state index contributed by atoms with van der Waals surface area (Å²) in [5.74, 6) is 0.815. The van der Waals surface area contributed by atoms with Gasteiger partial charge in [-0.05, 0) is 31.9 Å². The van der Waals surface area contributed by atoms with E-state index in [2.05, 4.69) is 16.4 Å². The third kappa shape index (κ3) is 4.69. The summed E-state index contributed by atoms with van der Waals surface area (Å²) in [7, 11) is 1.69. The van der Waals surface area contributed by atoms with Crippen LogP contribution in [0.5, 0.6) is 5.75 Å². The lowest BCUT2D eigenvalue weighted by molar-refractivity contribution is 0.198. The van der Waals surface area contributed by atoms with Crippen LogP contribution in [0.2, 0.25) is 0 Å². The summed E-state index contributed by atoms with van der Waals surface area (Å²) in [6.07, 6.45) is 2.75. The van der Waals surface area contributed by atoms with E-state index >= 15 is 0 Å². The Morgan fingerprint density at radius 3 is 2.90 bits per heavy atom. The van der Waals surface area contributed by atoms with Crippen LogP contribution in [-0.2, 0) is 11.3 Å². The number of rotatable bonds is 9. The maximum absolute atomic E-state index is 8.86. The van der Waals surface area contributed by atoms with E-state index in [0.717, 1.165) is 36.5 Å². The van der Waals surface area contributed by atoms with E-state index < -0.39 is 0 Å². The van der Waals surface area contributed by atoms with E-state index in [-0.39, 0.29) is 5.41 Å². The lowest BCUT2D eigenvalue weighted by Crippen LogP contribution is -2.21. The van der Waals surface area contributed by atoms with Crippen molar-refractivity contribution in [3.63, 3.8) is 0 Å². The van der Waals surface area contributed by atoms with Crippen LogP contribution in [0.1, 0.15) is 30.7 Å². The van der Waals surface area contributed by atoms with E-state index in [9.17, 15) is 0 Å². The first kappa shape index (κ1) is 15.7. The summed E-state index contributed by atoms with van der Waals surface area (Å²) >= 11 is 0. The molecule has 0 aromatic carbocycles. The monoisotopic (exact) mass is 289 g/mol. The lowest BCUT2D eigenvalue weighted by atomic mass is 10.1. The van der Waals surface area contributed by atoms with Gasteiger partial charge in [0.1, 0.15) is 5.75 Å². The smallest absolute Gasteiger partial charge is 0.142 e. The predicted octanol–water partition coefficient (Wildman–Crippen LogP) is 2.20. The molecule has 1 aliphatic rings. The van der Waals surface area contributed by atoms with Gasteiger partial charge in [-0.2, -0.15) is 5.26 Å². The van der Waals surface area contributed by atoms with Crippen LogP contribution in [0, 0.1) is 23.7 Å². The summed E-state index contributed by atoms with van der Waals surface area (Å²) in [6.45, 7) is 4.69. The molecule has 0 saturated heterocycles. The normalized spacial score (nSPS) is 15.5. The Bertz CT molecular complexity index is 507. The van der Waals surface area contributed by atoms with Crippen LogP contribution in [-0.4, -0.2) is 31.9 Å². The van der Waals surface area contributed by atoms with Gasteiger partial charge >= 0.3 is 0 Å². The molecule has 1 N–H and O–H groups in total. The largest absolute Gasteiger partial charge is 0.491 e. The van der Waals surface area contributed by atoms with Crippen LogP contribution in [0.25, 0.3) is 0 Å². The summed E-state index contributed by atoms with van der Waals surface area (Å²) < 4.78 is 11.0.